The maximum Gasteiger partial charge on any atom is 0.254 e. The highest BCUT2D eigenvalue weighted by Crippen LogP contribution is 2.23. The Labute approximate surface area is 226 Å². The molecule has 0 atom stereocenters. The van der Waals surface area contributed by atoms with E-state index < -0.39 is 10.0 Å². The summed E-state index contributed by atoms with van der Waals surface area (Å²) >= 11 is 5.98. The minimum atomic E-state index is -3.72. The number of rotatable bonds is 5. The number of aromatic nitrogens is 2. The summed E-state index contributed by atoms with van der Waals surface area (Å²) in [5.41, 5.74) is 0.661. The van der Waals surface area contributed by atoms with E-state index >= 15 is 0 Å². The van der Waals surface area contributed by atoms with Gasteiger partial charge in [0, 0.05) is 69.8 Å². The van der Waals surface area contributed by atoms with Gasteiger partial charge in [-0.2, -0.15) is 4.31 Å². The lowest BCUT2D eigenvalue weighted by Gasteiger charge is -2.36. The molecule has 2 amide bonds. The summed E-state index contributed by atoms with van der Waals surface area (Å²) in [5.74, 6) is 0.140. The predicted molar refractivity (Wildman–Crippen MR) is 143 cm³/mol. The van der Waals surface area contributed by atoms with Crippen molar-refractivity contribution in [1.82, 2.24) is 24.1 Å². The number of benzene rings is 2. The molecule has 10 nitrogen and oxygen atoms in total. The van der Waals surface area contributed by atoms with E-state index in [9.17, 15) is 18.0 Å². The zero-order valence-electron chi connectivity index (χ0n) is 20.6. The van der Waals surface area contributed by atoms with Crippen LogP contribution in [0.15, 0.2) is 71.9 Å². The first-order chi connectivity index (χ1) is 18.3. The Morgan fingerprint density at radius 2 is 1.26 bits per heavy atom. The average molecular weight is 555 g/mol. The molecule has 1 aromatic heterocycles. The maximum atomic E-state index is 13.5. The Bertz CT molecular complexity index is 1420. The summed E-state index contributed by atoms with van der Waals surface area (Å²) in [4.78, 5) is 40.9. The molecule has 2 aliphatic rings. The first-order valence-electron chi connectivity index (χ1n) is 12.3. The summed E-state index contributed by atoms with van der Waals surface area (Å²) in [6, 6.07) is 14.7. The van der Waals surface area contributed by atoms with Gasteiger partial charge in [0.25, 0.3) is 11.8 Å². The van der Waals surface area contributed by atoms with Crippen LogP contribution in [0.1, 0.15) is 20.7 Å². The molecule has 198 valence electrons. The molecule has 0 spiro atoms. The minimum Gasteiger partial charge on any atom is -0.337 e. The molecule has 0 N–H and O–H groups in total. The number of halogens is 1. The van der Waals surface area contributed by atoms with Gasteiger partial charge >= 0.3 is 0 Å². The molecule has 12 heteroatoms. The first kappa shape index (κ1) is 26.1. The van der Waals surface area contributed by atoms with Gasteiger partial charge < -0.3 is 14.7 Å². The van der Waals surface area contributed by atoms with Gasteiger partial charge in [-0.3, -0.25) is 9.59 Å². The van der Waals surface area contributed by atoms with Gasteiger partial charge in [0.15, 0.2) is 0 Å². The van der Waals surface area contributed by atoms with E-state index in [1.165, 1.54) is 16.4 Å². The van der Waals surface area contributed by atoms with Crippen LogP contribution in [0.3, 0.4) is 0 Å². The Morgan fingerprint density at radius 1 is 0.711 bits per heavy atom. The van der Waals surface area contributed by atoms with Crippen LogP contribution in [0.2, 0.25) is 5.02 Å². The number of carbonyl (C=O) groups excluding carboxylic acids is 2. The standard InChI is InChI=1S/C26H27ClN6O4S/c27-20-5-3-6-21(19-20)38(36,37)33-17-15-31(16-18-33)25(35)23-8-2-1-7-22(23)24(34)30-11-13-32(14-12-30)26-28-9-4-10-29-26/h1-10,19H,11-18H2. The minimum absolute atomic E-state index is 0.125. The molecule has 5 rings (SSSR count). The monoisotopic (exact) mass is 554 g/mol. The fourth-order valence-corrected chi connectivity index (χ4v) is 6.39. The molecule has 0 aliphatic carbocycles. The van der Waals surface area contributed by atoms with E-state index in [0.29, 0.717) is 48.3 Å². The number of anilines is 1. The SMILES string of the molecule is O=C(c1ccccc1C(=O)N1CCN(S(=O)(=O)c2cccc(Cl)c2)CC1)N1CCN(c2ncccn2)CC1. The number of nitrogens with zero attached hydrogens (tertiary/aromatic N) is 6. The summed E-state index contributed by atoms with van der Waals surface area (Å²) in [5, 5.41) is 0.343. The zero-order valence-corrected chi connectivity index (χ0v) is 22.2. The fraction of sp³-hybridized carbons (Fsp3) is 0.308. The Kier molecular flexibility index (Phi) is 7.59. The number of hydrogen-bond donors (Lipinski definition) is 0. The van der Waals surface area contributed by atoms with E-state index in [2.05, 4.69) is 9.97 Å². The third-order valence-electron chi connectivity index (χ3n) is 6.75. The molecule has 0 radical (unpaired) electrons. The summed E-state index contributed by atoms with van der Waals surface area (Å²) < 4.78 is 27.4. The molecule has 2 aromatic carbocycles. The van der Waals surface area contributed by atoms with Gasteiger partial charge in [0.1, 0.15) is 0 Å². The summed E-state index contributed by atoms with van der Waals surface area (Å²) in [6.45, 7) is 2.90. The molecular weight excluding hydrogens is 528 g/mol. The van der Waals surface area contributed by atoms with Gasteiger partial charge in [-0.25, -0.2) is 18.4 Å². The van der Waals surface area contributed by atoms with Crippen molar-refractivity contribution in [2.24, 2.45) is 0 Å². The smallest absolute Gasteiger partial charge is 0.254 e. The van der Waals surface area contributed by atoms with Crippen molar-refractivity contribution in [2.45, 2.75) is 4.90 Å². The van der Waals surface area contributed by atoms with Crippen LogP contribution in [0.5, 0.6) is 0 Å². The summed E-state index contributed by atoms with van der Waals surface area (Å²) in [6.07, 6.45) is 3.38. The Hall–Kier alpha value is -3.54. The fourth-order valence-electron chi connectivity index (χ4n) is 4.67. The number of hydrogen-bond acceptors (Lipinski definition) is 7. The highest BCUT2D eigenvalue weighted by Gasteiger charge is 2.32. The molecule has 0 bridgehead atoms. The Balaban J connectivity index is 1.24. The van der Waals surface area contributed by atoms with Crippen LogP contribution >= 0.6 is 11.6 Å². The second-order valence-electron chi connectivity index (χ2n) is 9.03. The molecule has 2 saturated heterocycles. The van der Waals surface area contributed by atoms with Crippen LogP contribution in [-0.2, 0) is 10.0 Å². The quantitative estimate of drug-likeness (QED) is 0.476. The van der Waals surface area contributed by atoms with Gasteiger partial charge in [-0.1, -0.05) is 29.8 Å². The second-order valence-corrected chi connectivity index (χ2v) is 11.4. The topological polar surface area (TPSA) is 107 Å². The van der Waals surface area contributed by atoms with Crippen LogP contribution in [0.4, 0.5) is 5.95 Å². The normalized spacial score (nSPS) is 16.9. The number of sulfonamides is 1. The van der Waals surface area contributed by atoms with Crippen molar-refractivity contribution < 1.29 is 18.0 Å². The van der Waals surface area contributed by atoms with Crippen molar-refractivity contribution in [2.75, 3.05) is 57.3 Å². The van der Waals surface area contributed by atoms with Crippen LogP contribution in [0.25, 0.3) is 0 Å². The van der Waals surface area contributed by atoms with Gasteiger partial charge in [-0.15, -0.1) is 0 Å². The van der Waals surface area contributed by atoms with Crippen molar-refractivity contribution in [1.29, 1.82) is 0 Å². The maximum absolute atomic E-state index is 13.5. The van der Waals surface area contributed by atoms with Crippen LogP contribution < -0.4 is 4.90 Å². The van der Waals surface area contributed by atoms with Crippen molar-refractivity contribution in [3.05, 3.63) is 83.1 Å². The Morgan fingerprint density at radius 3 is 1.82 bits per heavy atom. The van der Waals surface area contributed by atoms with E-state index in [0.717, 1.165) is 0 Å². The lowest BCUT2D eigenvalue weighted by atomic mass is 10.0. The molecule has 38 heavy (non-hydrogen) atoms. The lowest BCUT2D eigenvalue weighted by molar-refractivity contribution is 0.0676. The number of carbonyl (C=O) groups is 2. The van der Waals surface area contributed by atoms with Crippen molar-refractivity contribution >= 4 is 39.4 Å². The highest BCUT2D eigenvalue weighted by atomic mass is 35.5. The van der Waals surface area contributed by atoms with Gasteiger partial charge in [-0.05, 0) is 36.4 Å². The highest BCUT2D eigenvalue weighted by molar-refractivity contribution is 7.89. The molecule has 0 unspecified atom stereocenters. The third-order valence-corrected chi connectivity index (χ3v) is 8.88. The molecule has 2 fully saturated rings. The molecule has 2 aliphatic heterocycles. The van der Waals surface area contributed by atoms with Crippen molar-refractivity contribution in [3.8, 4) is 0 Å². The number of piperazine rings is 2. The van der Waals surface area contributed by atoms with E-state index in [1.807, 2.05) is 4.90 Å². The molecular formula is C26H27ClN6O4S. The average Bonchev–Trinajstić information content (AvgIpc) is 2.97. The van der Waals surface area contributed by atoms with E-state index in [1.54, 1.807) is 64.7 Å². The predicted octanol–water partition coefficient (Wildman–Crippen LogP) is 2.24. The molecule has 0 saturated carbocycles. The second kappa shape index (κ2) is 11.1. The largest absolute Gasteiger partial charge is 0.337 e. The zero-order chi connectivity index (χ0) is 26.7. The van der Waals surface area contributed by atoms with Gasteiger partial charge in [0.05, 0.1) is 16.0 Å². The van der Waals surface area contributed by atoms with E-state index in [-0.39, 0.29) is 42.9 Å². The molecule has 3 heterocycles. The van der Waals surface area contributed by atoms with Crippen LogP contribution in [-0.4, -0.2) is 96.7 Å². The lowest BCUT2D eigenvalue weighted by Crippen LogP contribution is -2.51. The van der Waals surface area contributed by atoms with E-state index in [4.69, 9.17) is 11.6 Å². The van der Waals surface area contributed by atoms with Crippen LogP contribution in [0, 0.1) is 0 Å². The first-order valence-corrected chi connectivity index (χ1v) is 14.1. The third kappa shape index (κ3) is 5.35. The molecule has 3 aromatic rings. The summed E-state index contributed by atoms with van der Waals surface area (Å²) in [7, 11) is -3.72. The van der Waals surface area contributed by atoms with Gasteiger partial charge in [0.2, 0.25) is 16.0 Å². The van der Waals surface area contributed by atoms with Crippen molar-refractivity contribution in [3.63, 3.8) is 0 Å². The number of amides is 2.